The van der Waals surface area contributed by atoms with Crippen LogP contribution in [0.15, 0.2) is 24.3 Å². The van der Waals surface area contributed by atoms with Crippen molar-refractivity contribution >= 4 is 11.7 Å². The van der Waals surface area contributed by atoms with Gasteiger partial charge in [0.1, 0.15) is 5.72 Å². The van der Waals surface area contributed by atoms with Crippen LogP contribution in [-0.4, -0.2) is 24.4 Å². The highest BCUT2D eigenvalue weighted by atomic mass is 16.5. The number of aryl methyl sites for hydroxylation is 1. The molecule has 1 aromatic carbocycles. The van der Waals surface area contributed by atoms with Crippen molar-refractivity contribution in [1.29, 1.82) is 0 Å². The molecule has 4 N–H and O–H groups in total. The van der Waals surface area contributed by atoms with Crippen LogP contribution in [0, 0.1) is 6.92 Å². The van der Waals surface area contributed by atoms with Gasteiger partial charge in [0.2, 0.25) is 0 Å². The molecule has 1 fully saturated rings. The maximum Gasteiger partial charge on any atom is 0.319 e. The van der Waals surface area contributed by atoms with Crippen molar-refractivity contribution < 1.29 is 9.53 Å². The molecule has 0 saturated heterocycles. The minimum absolute atomic E-state index is 0.154. The molecule has 0 bridgehead atoms. The number of amides is 2. The molecule has 0 aliphatic heterocycles. The van der Waals surface area contributed by atoms with Gasteiger partial charge < -0.3 is 21.1 Å². The van der Waals surface area contributed by atoms with Crippen LogP contribution in [0.25, 0.3) is 0 Å². The molecule has 5 nitrogen and oxygen atoms in total. The van der Waals surface area contributed by atoms with Crippen LogP contribution in [0.2, 0.25) is 0 Å². The molecular formula is C17H27N3O2. The fourth-order valence-electron chi connectivity index (χ4n) is 2.76. The predicted octanol–water partition coefficient (Wildman–Crippen LogP) is 3.14. The highest BCUT2D eigenvalue weighted by Crippen LogP contribution is 2.27. The summed E-state index contributed by atoms with van der Waals surface area (Å²) in [5.41, 5.74) is 7.61. The molecule has 2 amide bonds. The first-order valence-electron chi connectivity index (χ1n) is 8.08. The molecule has 5 heteroatoms. The van der Waals surface area contributed by atoms with Crippen LogP contribution >= 0.6 is 0 Å². The van der Waals surface area contributed by atoms with E-state index in [1.165, 1.54) is 0 Å². The van der Waals surface area contributed by atoms with Gasteiger partial charge in [-0.2, -0.15) is 0 Å². The fraction of sp³-hybridized carbons (Fsp3) is 0.588. The number of carbonyl (C=O) groups is 1. The van der Waals surface area contributed by atoms with Crippen LogP contribution in [0.4, 0.5) is 10.5 Å². The van der Waals surface area contributed by atoms with E-state index < -0.39 is 5.72 Å². The Morgan fingerprint density at radius 2 is 2.05 bits per heavy atom. The molecule has 122 valence electrons. The number of benzene rings is 1. The predicted molar refractivity (Wildman–Crippen MR) is 88.8 cm³/mol. The summed E-state index contributed by atoms with van der Waals surface area (Å²) in [4.78, 5) is 12.1. The average molecular weight is 305 g/mol. The third kappa shape index (κ3) is 4.71. The van der Waals surface area contributed by atoms with Crippen LogP contribution < -0.4 is 16.4 Å². The molecule has 0 atom stereocenters. The number of nitrogens with one attached hydrogen (secondary N) is 2. The fourth-order valence-corrected chi connectivity index (χ4v) is 2.76. The zero-order chi connectivity index (χ0) is 16.0. The molecule has 0 spiro atoms. The third-order valence-electron chi connectivity index (χ3n) is 4.15. The molecule has 1 saturated carbocycles. The summed E-state index contributed by atoms with van der Waals surface area (Å²) in [6, 6.07) is 7.75. The topological polar surface area (TPSA) is 76.4 Å². The van der Waals surface area contributed by atoms with E-state index in [9.17, 15) is 4.79 Å². The summed E-state index contributed by atoms with van der Waals surface area (Å²) in [6.07, 6.45) is 4.23. The van der Waals surface area contributed by atoms with Gasteiger partial charge in [0.15, 0.2) is 0 Å². The van der Waals surface area contributed by atoms with Gasteiger partial charge in [0.05, 0.1) is 0 Å². The van der Waals surface area contributed by atoms with Gasteiger partial charge >= 0.3 is 6.03 Å². The lowest BCUT2D eigenvalue weighted by Gasteiger charge is -2.37. The average Bonchev–Trinajstić information content (AvgIpc) is 2.50. The quantitative estimate of drug-likeness (QED) is 0.731. The lowest BCUT2D eigenvalue weighted by Crippen LogP contribution is -2.50. The molecule has 0 heterocycles. The van der Waals surface area contributed by atoms with Gasteiger partial charge in [0, 0.05) is 18.3 Å². The molecule has 1 aromatic rings. The van der Waals surface area contributed by atoms with Gasteiger partial charge in [-0.15, -0.1) is 0 Å². The van der Waals surface area contributed by atoms with Crippen LogP contribution in [0.5, 0.6) is 0 Å². The Kier molecular flexibility index (Phi) is 5.80. The Balaban J connectivity index is 1.78. The summed E-state index contributed by atoms with van der Waals surface area (Å²) in [7, 11) is 0. The Hall–Kier alpha value is -1.59. The van der Waals surface area contributed by atoms with Crippen molar-refractivity contribution in [2.45, 2.75) is 57.7 Å². The second-order valence-electron chi connectivity index (χ2n) is 6.10. The lowest BCUT2D eigenvalue weighted by atomic mass is 9.88. The number of nitrogens with two attached hydrogens (primary N) is 1. The van der Waals surface area contributed by atoms with Gasteiger partial charge in [-0.1, -0.05) is 25.1 Å². The number of para-hydroxylation sites is 1. The minimum Gasteiger partial charge on any atom is -0.361 e. The summed E-state index contributed by atoms with van der Waals surface area (Å²) >= 11 is 0. The Bertz CT molecular complexity index is 496. The zero-order valence-corrected chi connectivity index (χ0v) is 13.5. The van der Waals surface area contributed by atoms with E-state index in [1.54, 1.807) is 0 Å². The first-order valence-corrected chi connectivity index (χ1v) is 8.08. The second-order valence-corrected chi connectivity index (χ2v) is 6.10. The minimum atomic E-state index is -0.513. The monoisotopic (exact) mass is 305 g/mol. The molecule has 0 unspecified atom stereocenters. The molecular weight excluding hydrogens is 278 g/mol. The van der Waals surface area contributed by atoms with Crippen molar-refractivity contribution in [2.24, 2.45) is 5.73 Å². The van der Waals surface area contributed by atoms with E-state index in [0.717, 1.165) is 43.4 Å². The summed E-state index contributed by atoms with van der Waals surface area (Å²) in [5.74, 6) is 0. The number of anilines is 1. The number of carbonyl (C=O) groups excluding carboxylic acids is 1. The van der Waals surface area contributed by atoms with Crippen LogP contribution in [0.3, 0.4) is 0 Å². The summed E-state index contributed by atoms with van der Waals surface area (Å²) in [5, 5.41) is 5.93. The highest BCUT2D eigenvalue weighted by molar-refractivity contribution is 5.90. The first kappa shape index (κ1) is 16.8. The largest absolute Gasteiger partial charge is 0.361 e. The number of rotatable bonds is 5. The molecule has 1 aliphatic carbocycles. The molecule has 22 heavy (non-hydrogen) atoms. The third-order valence-corrected chi connectivity index (χ3v) is 4.15. The Morgan fingerprint density at radius 1 is 1.36 bits per heavy atom. The summed E-state index contributed by atoms with van der Waals surface area (Å²) in [6.45, 7) is 4.75. The maximum absolute atomic E-state index is 12.1. The smallest absolute Gasteiger partial charge is 0.319 e. The number of urea groups is 1. The molecule has 0 radical (unpaired) electrons. The van der Waals surface area contributed by atoms with Gasteiger partial charge in [-0.3, -0.25) is 0 Å². The SMILES string of the molecule is CCCOC1(N)CCC(NC(=O)Nc2ccccc2C)CC1. The van der Waals surface area contributed by atoms with E-state index in [4.69, 9.17) is 10.5 Å². The van der Waals surface area contributed by atoms with Gasteiger partial charge in [-0.05, 0) is 50.7 Å². The highest BCUT2D eigenvalue weighted by Gasteiger charge is 2.32. The lowest BCUT2D eigenvalue weighted by molar-refractivity contribution is -0.0691. The standard InChI is InChI=1S/C17H27N3O2/c1-3-12-22-17(18)10-8-14(9-11-17)19-16(21)20-15-7-5-4-6-13(15)2/h4-7,14H,3,8-12,18H2,1-2H3,(H2,19,20,21). The Labute approximate surface area is 132 Å². The van der Waals surface area contributed by atoms with Crippen molar-refractivity contribution in [3.05, 3.63) is 29.8 Å². The zero-order valence-electron chi connectivity index (χ0n) is 13.5. The van der Waals surface area contributed by atoms with E-state index in [2.05, 4.69) is 17.6 Å². The van der Waals surface area contributed by atoms with Gasteiger partial charge in [-0.25, -0.2) is 4.79 Å². The second kappa shape index (κ2) is 7.61. The number of ether oxygens (including phenoxy) is 1. The van der Waals surface area contributed by atoms with Crippen molar-refractivity contribution in [3.63, 3.8) is 0 Å². The molecule has 0 aromatic heterocycles. The Morgan fingerprint density at radius 3 is 2.68 bits per heavy atom. The molecule has 2 rings (SSSR count). The van der Waals surface area contributed by atoms with E-state index >= 15 is 0 Å². The van der Waals surface area contributed by atoms with E-state index in [-0.39, 0.29) is 12.1 Å². The van der Waals surface area contributed by atoms with Gasteiger partial charge in [0.25, 0.3) is 0 Å². The number of hydrogen-bond donors (Lipinski definition) is 3. The van der Waals surface area contributed by atoms with Crippen molar-refractivity contribution in [1.82, 2.24) is 5.32 Å². The van der Waals surface area contributed by atoms with Crippen LogP contribution in [-0.2, 0) is 4.74 Å². The number of hydrogen-bond acceptors (Lipinski definition) is 3. The van der Waals surface area contributed by atoms with Crippen molar-refractivity contribution in [3.8, 4) is 0 Å². The van der Waals surface area contributed by atoms with Crippen molar-refractivity contribution in [2.75, 3.05) is 11.9 Å². The first-order chi connectivity index (χ1) is 10.5. The normalized spacial score (nSPS) is 24.8. The maximum atomic E-state index is 12.1. The van der Waals surface area contributed by atoms with Crippen LogP contribution in [0.1, 0.15) is 44.6 Å². The van der Waals surface area contributed by atoms with E-state index in [0.29, 0.717) is 6.61 Å². The summed E-state index contributed by atoms with van der Waals surface area (Å²) < 4.78 is 5.73. The van der Waals surface area contributed by atoms with E-state index in [1.807, 2.05) is 31.2 Å². The molecule has 1 aliphatic rings.